The van der Waals surface area contributed by atoms with Crippen LogP contribution in [0, 0.1) is 0 Å². The lowest BCUT2D eigenvalue weighted by Crippen LogP contribution is -2.44. The average Bonchev–Trinajstić information content (AvgIpc) is 2.89. The fourth-order valence-corrected chi connectivity index (χ4v) is 3.77. The Balaban J connectivity index is 1.60. The van der Waals surface area contributed by atoms with Gasteiger partial charge in [-0.25, -0.2) is 0 Å². The van der Waals surface area contributed by atoms with E-state index in [0.717, 1.165) is 25.9 Å². The quantitative estimate of drug-likeness (QED) is 0.790. The van der Waals surface area contributed by atoms with E-state index in [1.54, 1.807) is 0 Å². The molecule has 4 heteroatoms. The molecule has 1 aliphatic heterocycles. The lowest BCUT2D eigenvalue weighted by atomic mass is 9.97. The van der Waals surface area contributed by atoms with Gasteiger partial charge in [0.1, 0.15) is 0 Å². The van der Waals surface area contributed by atoms with Crippen molar-refractivity contribution >= 4 is 5.91 Å². The van der Waals surface area contributed by atoms with Crippen LogP contribution < -0.4 is 10.6 Å². The molecule has 2 N–H and O–H groups in total. The van der Waals surface area contributed by atoms with Gasteiger partial charge in [0.25, 0.3) is 0 Å². The number of hydrogen-bond acceptors (Lipinski definition) is 3. The third kappa shape index (κ3) is 5.95. The van der Waals surface area contributed by atoms with Crippen LogP contribution in [0.2, 0.25) is 0 Å². The van der Waals surface area contributed by atoms with Crippen LogP contribution in [0.25, 0.3) is 0 Å². The molecule has 1 saturated carbocycles. The van der Waals surface area contributed by atoms with Crippen LogP contribution in [0.15, 0.2) is 0 Å². The number of likely N-dealkylation sites (N-methyl/N-ethyl adjacent to an activating group) is 1. The maximum absolute atomic E-state index is 12.0. The summed E-state index contributed by atoms with van der Waals surface area (Å²) in [5.74, 6) is 0.182. The molecule has 122 valence electrons. The fourth-order valence-electron chi connectivity index (χ4n) is 3.77. The standard InChI is InChI=1S/C17H33N3O/c1-2-20-12-8-11-16(20)13-18-14-17(21)19-15-9-6-4-3-5-7-10-15/h15-16,18H,2-14H2,1H3,(H,19,21)/t16-/m0/s1. The average molecular weight is 295 g/mol. The molecular weight excluding hydrogens is 262 g/mol. The Labute approximate surface area is 130 Å². The number of carbonyl (C=O) groups excluding carboxylic acids is 1. The maximum Gasteiger partial charge on any atom is 0.234 e. The Kier molecular flexibility index (Phi) is 7.51. The Hall–Kier alpha value is -0.610. The van der Waals surface area contributed by atoms with Crippen molar-refractivity contribution in [1.82, 2.24) is 15.5 Å². The number of hydrogen-bond donors (Lipinski definition) is 2. The summed E-state index contributed by atoms with van der Waals surface area (Å²) in [5.41, 5.74) is 0. The summed E-state index contributed by atoms with van der Waals surface area (Å²) < 4.78 is 0. The highest BCUT2D eigenvalue weighted by molar-refractivity contribution is 5.78. The monoisotopic (exact) mass is 295 g/mol. The van der Waals surface area contributed by atoms with Crippen LogP contribution in [0.5, 0.6) is 0 Å². The highest BCUT2D eigenvalue weighted by Gasteiger charge is 2.22. The predicted octanol–water partition coefficient (Wildman–Crippen LogP) is 2.29. The first kappa shape index (κ1) is 16.8. The molecule has 1 atom stereocenters. The van der Waals surface area contributed by atoms with E-state index in [1.165, 1.54) is 51.5 Å². The highest BCUT2D eigenvalue weighted by Crippen LogP contribution is 2.17. The Morgan fingerprint density at radius 2 is 1.76 bits per heavy atom. The van der Waals surface area contributed by atoms with Crippen LogP contribution in [-0.4, -0.2) is 49.1 Å². The Morgan fingerprint density at radius 1 is 1.05 bits per heavy atom. The normalized spacial score (nSPS) is 25.5. The molecule has 1 heterocycles. The summed E-state index contributed by atoms with van der Waals surface area (Å²) in [7, 11) is 0. The van der Waals surface area contributed by atoms with Gasteiger partial charge < -0.3 is 10.6 Å². The van der Waals surface area contributed by atoms with Crippen molar-refractivity contribution in [3.8, 4) is 0 Å². The van der Waals surface area contributed by atoms with E-state index in [2.05, 4.69) is 22.5 Å². The molecule has 2 fully saturated rings. The zero-order valence-corrected chi connectivity index (χ0v) is 13.7. The Morgan fingerprint density at radius 3 is 2.48 bits per heavy atom. The molecule has 2 aliphatic rings. The number of nitrogens with one attached hydrogen (secondary N) is 2. The van der Waals surface area contributed by atoms with Gasteiger partial charge in [-0.05, 0) is 38.8 Å². The number of carbonyl (C=O) groups is 1. The van der Waals surface area contributed by atoms with E-state index in [4.69, 9.17) is 0 Å². The van der Waals surface area contributed by atoms with Crippen molar-refractivity contribution in [2.45, 2.75) is 76.8 Å². The molecule has 21 heavy (non-hydrogen) atoms. The minimum atomic E-state index is 0.182. The summed E-state index contributed by atoms with van der Waals surface area (Å²) in [6.07, 6.45) is 11.5. The molecule has 0 aromatic rings. The molecular formula is C17H33N3O. The van der Waals surface area contributed by atoms with Crippen LogP contribution in [0.4, 0.5) is 0 Å². The van der Waals surface area contributed by atoms with E-state index < -0.39 is 0 Å². The molecule has 0 spiro atoms. The summed E-state index contributed by atoms with van der Waals surface area (Å²) in [6.45, 7) is 5.99. The summed E-state index contributed by atoms with van der Waals surface area (Å²) >= 11 is 0. The topological polar surface area (TPSA) is 44.4 Å². The van der Waals surface area contributed by atoms with Gasteiger partial charge in [0.15, 0.2) is 0 Å². The van der Waals surface area contributed by atoms with Crippen molar-refractivity contribution in [3.05, 3.63) is 0 Å². The van der Waals surface area contributed by atoms with Crippen molar-refractivity contribution in [1.29, 1.82) is 0 Å². The molecule has 1 aliphatic carbocycles. The molecule has 1 amide bonds. The predicted molar refractivity (Wildman–Crippen MR) is 87.4 cm³/mol. The van der Waals surface area contributed by atoms with Gasteiger partial charge in [-0.2, -0.15) is 0 Å². The number of rotatable bonds is 6. The van der Waals surface area contributed by atoms with Crippen LogP contribution in [0.1, 0.15) is 64.7 Å². The van der Waals surface area contributed by atoms with Crippen molar-refractivity contribution in [2.24, 2.45) is 0 Å². The third-order valence-electron chi connectivity index (χ3n) is 5.04. The van der Waals surface area contributed by atoms with Gasteiger partial charge >= 0.3 is 0 Å². The molecule has 0 unspecified atom stereocenters. The van der Waals surface area contributed by atoms with Gasteiger partial charge in [0, 0.05) is 18.6 Å². The number of amides is 1. The largest absolute Gasteiger partial charge is 0.352 e. The second-order valence-electron chi connectivity index (χ2n) is 6.67. The SMILES string of the molecule is CCN1CCC[C@H]1CNCC(=O)NC1CCCCCCC1. The second-order valence-corrected chi connectivity index (χ2v) is 6.67. The van der Waals surface area contributed by atoms with Crippen LogP contribution in [0.3, 0.4) is 0 Å². The minimum Gasteiger partial charge on any atom is -0.352 e. The van der Waals surface area contributed by atoms with Gasteiger partial charge in [-0.3, -0.25) is 9.69 Å². The lowest BCUT2D eigenvalue weighted by Gasteiger charge is -2.24. The Bertz CT molecular complexity index is 300. The molecule has 1 saturated heterocycles. The van der Waals surface area contributed by atoms with E-state index in [1.807, 2.05) is 0 Å². The summed E-state index contributed by atoms with van der Waals surface area (Å²) in [6, 6.07) is 1.04. The fraction of sp³-hybridized carbons (Fsp3) is 0.941. The van der Waals surface area contributed by atoms with Gasteiger partial charge in [0.05, 0.1) is 6.54 Å². The molecule has 0 radical (unpaired) electrons. The van der Waals surface area contributed by atoms with Crippen molar-refractivity contribution < 1.29 is 4.79 Å². The van der Waals surface area contributed by atoms with E-state index in [0.29, 0.717) is 18.6 Å². The molecule has 4 nitrogen and oxygen atoms in total. The molecule has 2 rings (SSSR count). The molecule has 0 bridgehead atoms. The molecule has 0 aromatic carbocycles. The van der Waals surface area contributed by atoms with E-state index in [-0.39, 0.29) is 5.91 Å². The first-order chi connectivity index (χ1) is 10.3. The first-order valence-corrected chi connectivity index (χ1v) is 9.03. The number of nitrogens with zero attached hydrogens (tertiary/aromatic N) is 1. The van der Waals surface area contributed by atoms with Gasteiger partial charge in [-0.15, -0.1) is 0 Å². The van der Waals surface area contributed by atoms with Crippen molar-refractivity contribution in [3.63, 3.8) is 0 Å². The van der Waals surface area contributed by atoms with Crippen LogP contribution >= 0.6 is 0 Å². The van der Waals surface area contributed by atoms with Gasteiger partial charge in [0.2, 0.25) is 5.91 Å². The van der Waals surface area contributed by atoms with E-state index in [9.17, 15) is 4.79 Å². The first-order valence-electron chi connectivity index (χ1n) is 9.03. The second kappa shape index (κ2) is 9.42. The summed E-state index contributed by atoms with van der Waals surface area (Å²) in [5, 5.41) is 6.58. The lowest BCUT2D eigenvalue weighted by molar-refractivity contribution is -0.121. The van der Waals surface area contributed by atoms with Gasteiger partial charge in [-0.1, -0.05) is 39.0 Å². The number of likely N-dealkylation sites (tertiary alicyclic amines) is 1. The smallest absolute Gasteiger partial charge is 0.234 e. The van der Waals surface area contributed by atoms with Crippen LogP contribution in [-0.2, 0) is 4.79 Å². The summed E-state index contributed by atoms with van der Waals surface area (Å²) in [4.78, 5) is 14.6. The minimum absolute atomic E-state index is 0.182. The zero-order chi connectivity index (χ0) is 14.9. The zero-order valence-electron chi connectivity index (χ0n) is 13.7. The van der Waals surface area contributed by atoms with E-state index >= 15 is 0 Å². The molecule has 0 aromatic heterocycles. The third-order valence-corrected chi connectivity index (χ3v) is 5.04. The van der Waals surface area contributed by atoms with Crippen molar-refractivity contribution in [2.75, 3.05) is 26.2 Å². The maximum atomic E-state index is 12.0. The highest BCUT2D eigenvalue weighted by atomic mass is 16.1.